The van der Waals surface area contributed by atoms with Gasteiger partial charge in [-0.1, -0.05) is 18.2 Å². The average Bonchev–Trinajstić information content (AvgIpc) is 3.04. The Labute approximate surface area is 160 Å². The number of hydrogen-bond donors (Lipinski definition) is 3. The average molecular weight is 373 g/mol. The Bertz CT molecular complexity index is 1240. The van der Waals surface area contributed by atoms with Crippen LogP contribution in [0.15, 0.2) is 65.6 Å². The Kier molecular flexibility index (Phi) is 4.41. The number of pyridine rings is 1. The monoisotopic (exact) mass is 373 g/mol. The highest BCUT2D eigenvalue weighted by molar-refractivity contribution is 5.91. The number of nitrogens with zero attached hydrogens (tertiary/aromatic N) is 2. The van der Waals surface area contributed by atoms with Crippen molar-refractivity contribution in [1.29, 1.82) is 0 Å². The van der Waals surface area contributed by atoms with Gasteiger partial charge in [-0.2, -0.15) is 5.10 Å². The van der Waals surface area contributed by atoms with Gasteiger partial charge in [0.1, 0.15) is 0 Å². The van der Waals surface area contributed by atoms with Crippen LogP contribution in [0.4, 0.5) is 11.5 Å². The van der Waals surface area contributed by atoms with Crippen LogP contribution >= 0.6 is 0 Å². The minimum Gasteiger partial charge on any atom is -0.382 e. The molecule has 0 unspecified atom stereocenters. The lowest BCUT2D eigenvalue weighted by atomic mass is 10.1. The summed E-state index contributed by atoms with van der Waals surface area (Å²) in [5.41, 5.74) is 10.1. The molecule has 7 heteroatoms. The van der Waals surface area contributed by atoms with Crippen molar-refractivity contribution < 1.29 is 4.79 Å². The molecular formula is C21H19N5O2. The summed E-state index contributed by atoms with van der Waals surface area (Å²) in [6.07, 6.45) is 1.83. The maximum atomic E-state index is 12.3. The molecule has 2 heterocycles. The lowest BCUT2D eigenvalue weighted by Crippen LogP contribution is -2.19. The van der Waals surface area contributed by atoms with Gasteiger partial charge in [-0.05, 0) is 47.0 Å². The van der Waals surface area contributed by atoms with Gasteiger partial charge in [0.2, 0.25) is 5.91 Å². The second-order valence-corrected chi connectivity index (χ2v) is 6.63. The maximum Gasteiger partial charge on any atom is 0.250 e. The largest absolute Gasteiger partial charge is 0.382 e. The van der Waals surface area contributed by atoms with Crippen LogP contribution < -0.4 is 16.6 Å². The highest BCUT2D eigenvalue weighted by Gasteiger charge is 2.07. The number of H-pyrrole nitrogens is 1. The second-order valence-electron chi connectivity index (χ2n) is 6.63. The van der Waals surface area contributed by atoms with E-state index >= 15 is 0 Å². The van der Waals surface area contributed by atoms with Gasteiger partial charge < -0.3 is 15.6 Å². The van der Waals surface area contributed by atoms with Gasteiger partial charge in [-0.25, -0.2) is 0 Å². The van der Waals surface area contributed by atoms with Gasteiger partial charge in [0, 0.05) is 30.3 Å². The van der Waals surface area contributed by atoms with E-state index < -0.39 is 0 Å². The van der Waals surface area contributed by atoms with Crippen molar-refractivity contribution in [3.05, 3.63) is 76.7 Å². The number of aromatic nitrogens is 3. The number of carbonyl (C=O) groups is 1. The van der Waals surface area contributed by atoms with Crippen LogP contribution in [0.3, 0.4) is 0 Å². The summed E-state index contributed by atoms with van der Waals surface area (Å²) < 4.78 is 1.65. The highest BCUT2D eigenvalue weighted by atomic mass is 16.1. The zero-order valence-corrected chi connectivity index (χ0v) is 15.3. The van der Waals surface area contributed by atoms with Crippen LogP contribution in [0.1, 0.15) is 12.5 Å². The number of benzene rings is 2. The summed E-state index contributed by atoms with van der Waals surface area (Å²) in [6, 6.07) is 16.6. The van der Waals surface area contributed by atoms with Gasteiger partial charge in [0.15, 0.2) is 5.82 Å². The molecule has 28 heavy (non-hydrogen) atoms. The van der Waals surface area contributed by atoms with Crippen molar-refractivity contribution in [3.8, 4) is 11.1 Å². The topological polar surface area (TPSA) is 106 Å². The molecule has 4 aromatic rings. The third-order valence-electron chi connectivity index (χ3n) is 4.51. The molecule has 2 aromatic carbocycles. The molecular weight excluding hydrogens is 354 g/mol. The van der Waals surface area contributed by atoms with Gasteiger partial charge in [-0.15, -0.1) is 0 Å². The molecule has 7 nitrogen and oxygen atoms in total. The van der Waals surface area contributed by atoms with E-state index in [2.05, 4.69) is 15.5 Å². The van der Waals surface area contributed by atoms with Crippen molar-refractivity contribution in [2.75, 3.05) is 11.1 Å². The van der Waals surface area contributed by atoms with Crippen LogP contribution in [-0.2, 0) is 11.3 Å². The molecule has 140 valence electrons. The van der Waals surface area contributed by atoms with Crippen molar-refractivity contribution in [3.63, 3.8) is 0 Å². The van der Waals surface area contributed by atoms with Crippen LogP contribution in [-0.4, -0.2) is 20.7 Å². The molecule has 0 bridgehead atoms. The van der Waals surface area contributed by atoms with Gasteiger partial charge in [-0.3, -0.25) is 14.7 Å². The minimum absolute atomic E-state index is 0.0967. The fraction of sp³-hybridized carbons (Fsp3) is 0.0952. The van der Waals surface area contributed by atoms with Crippen LogP contribution in [0.5, 0.6) is 0 Å². The Morgan fingerprint density at radius 1 is 1.14 bits per heavy atom. The summed E-state index contributed by atoms with van der Waals surface area (Å²) in [5, 5.41) is 10.5. The van der Waals surface area contributed by atoms with E-state index in [0.717, 1.165) is 27.6 Å². The van der Waals surface area contributed by atoms with Crippen molar-refractivity contribution in [2.24, 2.45) is 0 Å². The fourth-order valence-corrected chi connectivity index (χ4v) is 3.19. The van der Waals surface area contributed by atoms with Crippen molar-refractivity contribution in [1.82, 2.24) is 14.8 Å². The highest BCUT2D eigenvalue weighted by Crippen LogP contribution is 2.25. The first-order chi connectivity index (χ1) is 13.5. The molecule has 4 rings (SSSR count). The number of rotatable bonds is 4. The van der Waals surface area contributed by atoms with Gasteiger partial charge in [0.25, 0.3) is 5.56 Å². The summed E-state index contributed by atoms with van der Waals surface area (Å²) >= 11 is 0. The van der Waals surface area contributed by atoms with Crippen molar-refractivity contribution >= 4 is 28.3 Å². The molecule has 0 aliphatic carbocycles. The van der Waals surface area contributed by atoms with Gasteiger partial charge >= 0.3 is 0 Å². The summed E-state index contributed by atoms with van der Waals surface area (Å²) in [4.78, 5) is 23.6. The molecule has 4 N–H and O–H groups in total. The minimum atomic E-state index is -0.133. The molecule has 0 spiro atoms. The Hall–Kier alpha value is -3.87. The van der Waals surface area contributed by atoms with E-state index in [1.165, 1.54) is 6.92 Å². The van der Waals surface area contributed by atoms with Crippen LogP contribution in [0, 0.1) is 0 Å². The predicted octanol–water partition coefficient (Wildman–Crippen LogP) is 2.98. The lowest BCUT2D eigenvalue weighted by molar-refractivity contribution is -0.114. The van der Waals surface area contributed by atoms with Crippen molar-refractivity contribution in [2.45, 2.75) is 13.5 Å². The standard InChI is InChI=1S/C21H19N5O2/c1-13(27)23-17-4-2-3-14(9-17)11-26-12-16(6-8-20(26)28)15-5-7-18-19(10-15)24-25-21(18)22/h2-10,12H,11H2,1H3,(H,23,27)(H3,22,24,25). The third kappa shape index (κ3) is 3.50. The molecule has 2 aromatic heterocycles. The Balaban J connectivity index is 1.67. The summed E-state index contributed by atoms with van der Waals surface area (Å²) in [7, 11) is 0. The summed E-state index contributed by atoms with van der Waals surface area (Å²) in [6.45, 7) is 1.87. The van der Waals surface area contributed by atoms with Crippen LogP contribution in [0.2, 0.25) is 0 Å². The molecule has 0 fully saturated rings. The van der Waals surface area contributed by atoms with E-state index in [1.807, 2.05) is 48.7 Å². The Morgan fingerprint density at radius 2 is 1.96 bits per heavy atom. The maximum absolute atomic E-state index is 12.3. The predicted molar refractivity (Wildman–Crippen MR) is 110 cm³/mol. The van der Waals surface area contributed by atoms with Gasteiger partial charge in [0.05, 0.1) is 12.1 Å². The first kappa shape index (κ1) is 17.5. The number of nitrogen functional groups attached to an aromatic ring is 1. The number of hydrogen-bond acceptors (Lipinski definition) is 4. The third-order valence-corrected chi connectivity index (χ3v) is 4.51. The summed E-state index contributed by atoms with van der Waals surface area (Å²) in [5.74, 6) is 0.330. The lowest BCUT2D eigenvalue weighted by Gasteiger charge is -2.10. The second kappa shape index (κ2) is 7.03. The molecule has 0 radical (unpaired) electrons. The number of amides is 1. The number of nitrogens with one attached hydrogen (secondary N) is 2. The molecule has 0 atom stereocenters. The first-order valence-corrected chi connectivity index (χ1v) is 8.80. The molecule has 1 amide bonds. The molecule has 0 saturated heterocycles. The number of carbonyl (C=O) groups excluding carboxylic acids is 1. The van der Waals surface area contributed by atoms with Crippen LogP contribution in [0.25, 0.3) is 22.0 Å². The first-order valence-electron chi connectivity index (χ1n) is 8.80. The smallest absolute Gasteiger partial charge is 0.250 e. The van der Waals surface area contributed by atoms with E-state index in [1.54, 1.807) is 16.7 Å². The molecule has 0 saturated carbocycles. The SMILES string of the molecule is CC(=O)Nc1cccc(Cn2cc(-c3ccc4c(N)n[nH]c4c3)ccc2=O)c1. The number of anilines is 2. The van der Waals surface area contributed by atoms with E-state index in [4.69, 9.17) is 5.73 Å². The fourth-order valence-electron chi connectivity index (χ4n) is 3.19. The Morgan fingerprint density at radius 3 is 2.79 bits per heavy atom. The zero-order valence-electron chi connectivity index (χ0n) is 15.3. The molecule has 0 aliphatic rings. The number of fused-ring (bicyclic) bond motifs is 1. The number of aromatic amines is 1. The molecule has 0 aliphatic heterocycles. The normalized spacial score (nSPS) is 10.9. The zero-order chi connectivity index (χ0) is 19.7. The number of nitrogens with two attached hydrogens (primary N) is 1. The van der Waals surface area contributed by atoms with E-state index in [0.29, 0.717) is 18.1 Å². The quantitative estimate of drug-likeness (QED) is 0.511. The van der Waals surface area contributed by atoms with E-state index in [9.17, 15) is 9.59 Å². The van der Waals surface area contributed by atoms with E-state index in [-0.39, 0.29) is 11.5 Å².